The molecule has 6 rings (SSSR count). The summed E-state index contributed by atoms with van der Waals surface area (Å²) < 4.78 is 0. The van der Waals surface area contributed by atoms with Crippen molar-refractivity contribution in [2.45, 2.75) is 33.6 Å². The first-order chi connectivity index (χ1) is 19.0. The number of hydrogen-bond donors (Lipinski definition) is 2. The minimum atomic E-state index is 0.172. The van der Waals surface area contributed by atoms with E-state index in [1.807, 2.05) is 80.6 Å². The molecule has 0 bridgehead atoms. The van der Waals surface area contributed by atoms with Crippen molar-refractivity contribution in [2.24, 2.45) is 0 Å². The number of rotatable bonds is 3. The summed E-state index contributed by atoms with van der Waals surface area (Å²) in [6, 6.07) is 42.2. The summed E-state index contributed by atoms with van der Waals surface area (Å²) in [5, 5.41) is 24.8. The lowest BCUT2D eigenvalue weighted by molar-refractivity contribution is 0.470. The molecule has 0 saturated heterocycles. The summed E-state index contributed by atoms with van der Waals surface area (Å²) in [4.78, 5) is 0. The molecule has 0 saturated carbocycles. The van der Waals surface area contributed by atoms with E-state index in [4.69, 9.17) is 0 Å². The van der Waals surface area contributed by atoms with Gasteiger partial charge >= 0.3 is 0 Å². The van der Waals surface area contributed by atoms with Gasteiger partial charge in [-0.2, -0.15) is 0 Å². The summed E-state index contributed by atoms with van der Waals surface area (Å²) in [5.41, 5.74) is 5.32. The Kier molecular flexibility index (Phi) is 9.01. The number of phenolic OH excluding ortho intramolecular Hbond substituents is 2. The Labute approximate surface area is 231 Å². The normalized spacial score (nSPS) is 10.5. The largest absolute Gasteiger partial charge is 0.507 e. The lowest BCUT2D eigenvalue weighted by Crippen LogP contribution is -1.86. The third kappa shape index (κ3) is 6.13. The summed E-state index contributed by atoms with van der Waals surface area (Å²) in [6.45, 7) is 8.44. The summed E-state index contributed by atoms with van der Waals surface area (Å²) >= 11 is 0. The molecule has 6 aromatic carbocycles. The highest BCUT2D eigenvalue weighted by Crippen LogP contribution is 2.44. The first kappa shape index (κ1) is 27.5. The van der Waals surface area contributed by atoms with Gasteiger partial charge in [0.1, 0.15) is 11.5 Å². The highest BCUT2D eigenvalue weighted by molar-refractivity contribution is 6.09. The van der Waals surface area contributed by atoms with Crippen molar-refractivity contribution in [1.82, 2.24) is 0 Å². The van der Waals surface area contributed by atoms with E-state index in [0.29, 0.717) is 17.0 Å². The zero-order valence-electron chi connectivity index (χ0n) is 23.1. The van der Waals surface area contributed by atoms with Gasteiger partial charge in [0, 0.05) is 11.1 Å². The van der Waals surface area contributed by atoms with Gasteiger partial charge in [0.2, 0.25) is 0 Å². The Hall–Kier alpha value is -4.56. The molecule has 0 atom stereocenters. The van der Waals surface area contributed by atoms with Crippen LogP contribution in [0, 0.1) is 0 Å². The Morgan fingerprint density at radius 1 is 0.436 bits per heavy atom. The maximum Gasteiger partial charge on any atom is 0.124 e. The lowest BCUT2D eigenvalue weighted by Gasteiger charge is -2.14. The van der Waals surface area contributed by atoms with Crippen molar-refractivity contribution >= 4 is 21.5 Å². The van der Waals surface area contributed by atoms with Crippen LogP contribution in [-0.2, 0) is 0 Å². The minimum Gasteiger partial charge on any atom is -0.507 e. The van der Waals surface area contributed by atoms with Gasteiger partial charge in [-0.05, 0) is 56.3 Å². The molecule has 0 aliphatic heterocycles. The molecule has 2 heteroatoms. The molecule has 6 aromatic rings. The molecular formula is C37H36O2. The highest BCUT2D eigenvalue weighted by atomic mass is 16.3. The smallest absolute Gasteiger partial charge is 0.124 e. The Morgan fingerprint density at radius 2 is 0.846 bits per heavy atom. The van der Waals surface area contributed by atoms with Crippen LogP contribution in [0.4, 0.5) is 0 Å². The molecule has 2 N–H and O–H groups in total. The van der Waals surface area contributed by atoms with Gasteiger partial charge in [-0.25, -0.2) is 0 Å². The molecule has 196 valence electrons. The molecule has 0 radical (unpaired) electrons. The highest BCUT2D eigenvalue weighted by Gasteiger charge is 2.16. The molecule has 0 aliphatic carbocycles. The third-order valence-corrected chi connectivity index (χ3v) is 6.75. The van der Waals surface area contributed by atoms with Crippen LogP contribution < -0.4 is 0 Å². The SMILES string of the molecule is CC.CC(C)c1ccc(-c2ccccc2)cc1.Oc1ccc2ccccc2c1-c1c(O)ccc2ccccc12. The third-order valence-electron chi connectivity index (χ3n) is 6.75. The zero-order chi connectivity index (χ0) is 27.8. The predicted octanol–water partition coefficient (Wildman–Crippen LogP) is 10.6. The lowest BCUT2D eigenvalue weighted by atomic mass is 9.92. The van der Waals surface area contributed by atoms with Gasteiger partial charge in [-0.1, -0.05) is 143 Å². The topological polar surface area (TPSA) is 40.5 Å². The van der Waals surface area contributed by atoms with E-state index >= 15 is 0 Å². The van der Waals surface area contributed by atoms with Crippen molar-refractivity contribution in [3.8, 4) is 33.8 Å². The van der Waals surface area contributed by atoms with E-state index in [1.54, 1.807) is 12.1 Å². The molecule has 0 fully saturated rings. The molecule has 0 amide bonds. The number of phenols is 2. The fourth-order valence-corrected chi connectivity index (χ4v) is 4.74. The Bertz CT molecular complexity index is 1570. The van der Waals surface area contributed by atoms with Crippen molar-refractivity contribution < 1.29 is 10.2 Å². The van der Waals surface area contributed by atoms with Crippen molar-refractivity contribution in [2.75, 3.05) is 0 Å². The standard InChI is InChI=1S/C20H14O2.C15H16.C2H6/c21-17-11-9-13-5-1-3-7-15(13)19(17)20-16-8-4-2-6-14(16)10-12-18(20)22;1-12(2)13-8-10-15(11-9-13)14-6-4-3-5-7-14;1-2/h1-12,21-22H;3-12H,1-2H3;1-2H3. The monoisotopic (exact) mass is 512 g/mol. The van der Waals surface area contributed by atoms with Gasteiger partial charge in [0.25, 0.3) is 0 Å². The van der Waals surface area contributed by atoms with Crippen LogP contribution in [0.1, 0.15) is 39.2 Å². The average Bonchev–Trinajstić information content (AvgIpc) is 2.99. The maximum absolute atomic E-state index is 10.4. The van der Waals surface area contributed by atoms with Gasteiger partial charge in [0.05, 0.1) is 0 Å². The Balaban J connectivity index is 0.000000182. The predicted molar refractivity (Wildman–Crippen MR) is 168 cm³/mol. The van der Waals surface area contributed by atoms with E-state index in [9.17, 15) is 10.2 Å². The van der Waals surface area contributed by atoms with Crippen LogP contribution in [0.5, 0.6) is 11.5 Å². The van der Waals surface area contributed by atoms with Crippen LogP contribution in [0.25, 0.3) is 43.8 Å². The first-order valence-corrected chi connectivity index (χ1v) is 13.6. The number of aromatic hydroxyl groups is 2. The average molecular weight is 513 g/mol. The number of fused-ring (bicyclic) bond motifs is 2. The summed E-state index contributed by atoms with van der Waals surface area (Å²) in [5.74, 6) is 0.950. The van der Waals surface area contributed by atoms with Crippen molar-refractivity contribution in [3.05, 3.63) is 133 Å². The molecule has 0 aromatic heterocycles. The molecule has 0 spiro atoms. The quantitative estimate of drug-likeness (QED) is 0.247. The van der Waals surface area contributed by atoms with E-state index in [1.165, 1.54) is 16.7 Å². The van der Waals surface area contributed by atoms with Crippen molar-refractivity contribution in [3.63, 3.8) is 0 Å². The van der Waals surface area contributed by atoms with Gasteiger partial charge in [0.15, 0.2) is 0 Å². The second-order valence-corrected chi connectivity index (χ2v) is 9.50. The fourth-order valence-electron chi connectivity index (χ4n) is 4.74. The first-order valence-electron chi connectivity index (χ1n) is 13.6. The molecule has 2 nitrogen and oxygen atoms in total. The summed E-state index contributed by atoms with van der Waals surface area (Å²) in [7, 11) is 0. The van der Waals surface area contributed by atoms with Crippen LogP contribution >= 0.6 is 0 Å². The maximum atomic E-state index is 10.4. The van der Waals surface area contributed by atoms with Gasteiger partial charge < -0.3 is 10.2 Å². The van der Waals surface area contributed by atoms with E-state index in [2.05, 4.69) is 62.4 Å². The van der Waals surface area contributed by atoms with E-state index in [-0.39, 0.29) is 11.5 Å². The van der Waals surface area contributed by atoms with Crippen LogP contribution in [0.15, 0.2) is 127 Å². The molecular weight excluding hydrogens is 476 g/mol. The van der Waals surface area contributed by atoms with Crippen LogP contribution in [0.3, 0.4) is 0 Å². The number of hydrogen-bond acceptors (Lipinski definition) is 2. The second kappa shape index (κ2) is 12.8. The van der Waals surface area contributed by atoms with Gasteiger partial charge in [-0.15, -0.1) is 0 Å². The van der Waals surface area contributed by atoms with Gasteiger partial charge in [-0.3, -0.25) is 0 Å². The van der Waals surface area contributed by atoms with Crippen LogP contribution in [-0.4, -0.2) is 10.2 Å². The fraction of sp³-hybridized carbons (Fsp3) is 0.135. The van der Waals surface area contributed by atoms with Crippen molar-refractivity contribution in [1.29, 1.82) is 0 Å². The van der Waals surface area contributed by atoms with E-state index < -0.39 is 0 Å². The second-order valence-electron chi connectivity index (χ2n) is 9.50. The summed E-state index contributed by atoms with van der Waals surface area (Å²) in [6.07, 6.45) is 0. The zero-order valence-corrected chi connectivity index (χ0v) is 23.1. The molecule has 0 unspecified atom stereocenters. The number of benzene rings is 6. The molecule has 0 aliphatic rings. The molecule has 39 heavy (non-hydrogen) atoms. The molecule has 0 heterocycles. The van der Waals surface area contributed by atoms with E-state index in [0.717, 1.165) is 21.5 Å². The minimum absolute atomic E-state index is 0.172. The Morgan fingerprint density at radius 3 is 1.31 bits per heavy atom. The van der Waals surface area contributed by atoms with Crippen LogP contribution in [0.2, 0.25) is 0 Å².